The van der Waals surface area contributed by atoms with E-state index in [1.165, 1.54) is 159 Å². The van der Waals surface area contributed by atoms with Crippen molar-refractivity contribution in [2.45, 2.75) is 0 Å². The summed E-state index contributed by atoms with van der Waals surface area (Å²) in [5, 5.41) is 14.8. The van der Waals surface area contributed by atoms with Gasteiger partial charge < -0.3 is 18.8 Å². The molecule has 0 amide bonds. The van der Waals surface area contributed by atoms with Gasteiger partial charge in [-0.25, -0.2) is 0 Å². The molecule has 0 bridgehead atoms. The van der Waals surface area contributed by atoms with Crippen molar-refractivity contribution in [3.63, 3.8) is 0 Å². The maximum atomic E-state index is 6.46. The van der Waals surface area contributed by atoms with Crippen LogP contribution in [-0.2, 0) is 0 Å². The van der Waals surface area contributed by atoms with Crippen LogP contribution in [-0.4, -0.2) is 4.57 Å². The number of aromatic nitrogens is 1. The zero-order chi connectivity index (χ0) is 96.7. The van der Waals surface area contributed by atoms with Crippen molar-refractivity contribution >= 4 is 121 Å². The first kappa shape index (κ1) is 87.0. The molecule has 146 heavy (non-hydrogen) atoms. The minimum Gasteiger partial charge on any atom is -0.455 e. The molecule has 0 N–H and O–H groups in total. The smallest absolute Gasteiger partial charge is 0.143 e. The number of anilines is 6. The first-order valence-electron chi connectivity index (χ1n) is 50.1. The van der Waals surface area contributed by atoms with E-state index in [0.717, 1.165) is 101 Å². The Bertz CT molecular complexity index is 9370. The molecule has 0 aliphatic rings. The Morgan fingerprint density at radius 1 is 0.137 bits per heavy atom. The van der Waals surface area contributed by atoms with Crippen LogP contribution < -0.4 is 9.80 Å². The Kier molecular flexibility index (Phi) is 22.7. The van der Waals surface area contributed by atoms with Gasteiger partial charge in [-0.15, -0.1) is 0 Å². The monoisotopic (exact) mass is 1860 g/mol. The highest BCUT2D eigenvalue weighted by Crippen LogP contribution is 2.47. The van der Waals surface area contributed by atoms with Crippen molar-refractivity contribution < 1.29 is 4.42 Å². The van der Waals surface area contributed by atoms with Crippen LogP contribution in [0.5, 0.6) is 0 Å². The highest BCUT2D eigenvalue weighted by Gasteiger charge is 2.22. The highest BCUT2D eigenvalue weighted by atomic mass is 16.3. The van der Waals surface area contributed by atoms with E-state index in [9.17, 15) is 0 Å². The summed E-state index contributed by atoms with van der Waals surface area (Å²) in [6.07, 6.45) is 0. The molecule has 4 nitrogen and oxygen atoms in total. The second-order valence-electron chi connectivity index (χ2n) is 37.7. The lowest BCUT2D eigenvalue weighted by Gasteiger charge is -2.26. The van der Waals surface area contributed by atoms with Crippen LogP contribution in [0.25, 0.3) is 226 Å². The topological polar surface area (TPSA) is 24.6 Å². The third-order valence-corrected chi connectivity index (χ3v) is 29.1. The summed E-state index contributed by atoms with van der Waals surface area (Å²) in [6.45, 7) is 0. The summed E-state index contributed by atoms with van der Waals surface area (Å²) in [5.74, 6) is 0. The molecular formula is C142H95N3O. The number of para-hydroxylation sites is 4. The molecule has 4 heteroatoms. The third kappa shape index (κ3) is 16.7. The van der Waals surface area contributed by atoms with Crippen molar-refractivity contribution in [2.24, 2.45) is 0 Å². The maximum absolute atomic E-state index is 6.46. The highest BCUT2D eigenvalue weighted by molar-refractivity contribution is 6.12. The molecule has 2 heterocycles. The van der Waals surface area contributed by atoms with Crippen LogP contribution in [0.1, 0.15) is 0 Å². The second kappa shape index (κ2) is 38.1. The van der Waals surface area contributed by atoms with E-state index >= 15 is 0 Å². The van der Waals surface area contributed by atoms with Crippen LogP contribution in [0.4, 0.5) is 34.1 Å². The predicted molar refractivity (Wildman–Crippen MR) is 619 cm³/mol. The Labute approximate surface area is 849 Å². The van der Waals surface area contributed by atoms with Crippen molar-refractivity contribution in [3.8, 4) is 139 Å². The first-order valence-corrected chi connectivity index (χ1v) is 50.1. The summed E-state index contributed by atoms with van der Waals surface area (Å²) >= 11 is 0. The van der Waals surface area contributed by atoms with Gasteiger partial charge in [0.1, 0.15) is 11.2 Å². The number of hydrogen-bond acceptors (Lipinski definition) is 3. The average Bonchev–Trinajstić information content (AvgIpc) is 1.57. The number of nitrogens with zero attached hydrogens (tertiary/aromatic N) is 3. The molecule has 0 radical (unpaired) electrons. The minimum atomic E-state index is 0.903. The molecule has 27 rings (SSSR count). The molecular weight excluding hydrogens is 1760 g/mol. The van der Waals surface area contributed by atoms with Crippen LogP contribution >= 0.6 is 0 Å². The number of benzene rings is 25. The quantitative estimate of drug-likeness (QED) is 0.0806. The molecule has 0 atom stereocenters. The number of hydrogen-bond donors (Lipinski definition) is 0. The fraction of sp³-hybridized carbons (Fsp3) is 0. The van der Waals surface area contributed by atoms with Gasteiger partial charge in [-0.05, 0) is 311 Å². The van der Waals surface area contributed by atoms with Crippen molar-refractivity contribution in [3.05, 3.63) is 576 Å². The molecule has 2 aromatic heterocycles. The minimum absolute atomic E-state index is 0.903. The Hall–Kier alpha value is -19.3. The average molecular weight is 1860 g/mol. The van der Waals surface area contributed by atoms with Gasteiger partial charge in [0, 0.05) is 66.9 Å². The fourth-order valence-corrected chi connectivity index (χ4v) is 21.8. The van der Waals surface area contributed by atoms with Gasteiger partial charge in [-0.3, -0.25) is 0 Å². The van der Waals surface area contributed by atoms with Crippen LogP contribution in [0.15, 0.2) is 581 Å². The first-order chi connectivity index (χ1) is 72.3. The molecule has 27 aromatic rings. The lowest BCUT2D eigenvalue weighted by molar-refractivity contribution is 0.670. The third-order valence-electron chi connectivity index (χ3n) is 29.1. The van der Waals surface area contributed by atoms with Crippen molar-refractivity contribution in [2.75, 3.05) is 9.80 Å². The normalized spacial score (nSPS) is 11.4. The van der Waals surface area contributed by atoms with Gasteiger partial charge in [0.05, 0.1) is 11.0 Å². The van der Waals surface area contributed by atoms with Gasteiger partial charge in [-0.2, -0.15) is 0 Å². The van der Waals surface area contributed by atoms with E-state index in [1.807, 2.05) is 12.1 Å². The molecule has 0 fully saturated rings. The molecule has 0 saturated carbocycles. The molecule has 0 aliphatic heterocycles. The van der Waals surface area contributed by atoms with Gasteiger partial charge in [-0.1, -0.05) is 437 Å². The Balaban J connectivity index is 0.000000149. The van der Waals surface area contributed by atoms with Crippen LogP contribution in [0, 0.1) is 0 Å². The summed E-state index contributed by atoms with van der Waals surface area (Å²) in [5.41, 5.74) is 40.2. The summed E-state index contributed by atoms with van der Waals surface area (Å²) < 4.78 is 8.85. The second-order valence-corrected chi connectivity index (χ2v) is 37.7. The number of fused-ring (bicyclic) bond motifs is 10. The molecule has 0 aliphatic carbocycles. The van der Waals surface area contributed by atoms with Crippen molar-refractivity contribution in [1.29, 1.82) is 0 Å². The van der Waals surface area contributed by atoms with Gasteiger partial charge in [0.2, 0.25) is 0 Å². The molecule has 0 spiro atoms. The van der Waals surface area contributed by atoms with E-state index in [2.05, 4.69) is 579 Å². The molecule has 684 valence electrons. The Morgan fingerprint density at radius 2 is 0.349 bits per heavy atom. The van der Waals surface area contributed by atoms with E-state index in [4.69, 9.17) is 4.42 Å². The lowest BCUT2D eigenvalue weighted by Crippen LogP contribution is -2.09. The summed E-state index contributed by atoms with van der Waals surface area (Å²) in [6, 6.07) is 209. The molecule has 0 saturated heterocycles. The molecule has 0 unspecified atom stereocenters. The zero-order valence-electron chi connectivity index (χ0n) is 80.1. The van der Waals surface area contributed by atoms with E-state index in [1.54, 1.807) is 0 Å². The van der Waals surface area contributed by atoms with Gasteiger partial charge in [0.25, 0.3) is 0 Å². The largest absolute Gasteiger partial charge is 0.455 e. The van der Waals surface area contributed by atoms with Crippen LogP contribution in [0.2, 0.25) is 0 Å². The van der Waals surface area contributed by atoms with E-state index in [0.29, 0.717) is 0 Å². The zero-order valence-corrected chi connectivity index (χ0v) is 80.1. The number of furan rings is 1. The van der Waals surface area contributed by atoms with Crippen molar-refractivity contribution in [1.82, 2.24) is 4.57 Å². The SMILES string of the molecule is c1cc(-c2ccc(N(c3ccc(-c4cccc(-c5cccc6ccccc56)c4)cc3)c3ccc(-c4cccc(-c5cccc6c5oc5ccccc56)c4)cc3)cc2)cc(-c2cccc(-c3cccc4ccccc34)c2)c1.c1cc(-c2ccc(N(c3ccc(-c4cccc(-c5cccc6ccccc56)c4)cc3)c3ccc(-c4cccc(-n5c6ccccc6c6ccccc65)c4)cc3)cc2)cc(-c2cccc3ccccc23)c1. The standard InChI is InChI=1S/C74H49NO.C68H46N2/c1-3-26-66-53(14-1)16-11-29-68(66)60-23-8-19-56(47-60)51-36-42-64(43-37-51)75(65-44-38-52(39-45-65)57-20-9-25-62(48-57)70-31-13-32-72-71-28-5-6-33-73(71)76-74(70)72)63-40-34-50(35-41-63)55-18-7-21-58(46-55)59-22-10-24-61(49-59)69-30-12-17-54-15-2-4-27-67(54)69;1-3-24-61-50(14-1)16-12-28-63(61)55-21-9-18-52(44-55)47-32-38-57(39-33-47)69(58-40-34-48(35-41-58)53-19-10-22-56(45-53)64-29-13-17-51-15-2-4-25-62(51)64)59-42-36-49(37-43-59)54-20-11-23-60(46-54)70-67-30-7-5-26-65(67)66-27-6-8-31-68(66)70/h1-49H;1-46H. The predicted octanol–water partition coefficient (Wildman–Crippen LogP) is 39.9. The van der Waals surface area contributed by atoms with E-state index < -0.39 is 0 Å². The van der Waals surface area contributed by atoms with E-state index in [-0.39, 0.29) is 0 Å². The van der Waals surface area contributed by atoms with Gasteiger partial charge >= 0.3 is 0 Å². The summed E-state index contributed by atoms with van der Waals surface area (Å²) in [4.78, 5) is 4.72. The summed E-state index contributed by atoms with van der Waals surface area (Å²) in [7, 11) is 0. The molecule has 25 aromatic carbocycles. The number of rotatable bonds is 19. The maximum Gasteiger partial charge on any atom is 0.143 e. The van der Waals surface area contributed by atoms with Gasteiger partial charge in [0.15, 0.2) is 0 Å². The van der Waals surface area contributed by atoms with Crippen LogP contribution in [0.3, 0.4) is 0 Å². The fourth-order valence-electron chi connectivity index (χ4n) is 21.8. The Morgan fingerprint density at radius 3 is 0.671 bits per heavy atom. The lowest BCUT2D eigenvalue weighted by atomic mass is 9.94.